The molecule has 1 aliphatic rings. The van der Waals surface area contributed by atoms with Crippen molar-refractivity contribution in [2.75, 3.05) is 19.8 Å². The van der Waals surface area contributed by atoms with Crippen LogP contribution < -0.4 is 0 Å². The van der Waals surface area contributed by atoms with Gasteiger partial charge in [0.05, 0.1) is 52.7 Å². The topological polar surface area (TPSA) is 177 Å². The minimum absolute atomic E-state index is 0.0182. The van der Waals surface area contributed by atoms with Crippen LogP contribution >= 0.6 is 0 Å². The predicted octanol–water partition coefficient (Wildman–Crippen LogP) is 8.24. The van der Waals surface area contributed by atoms with Gasteiger partial charge in [-0.25, -0.2) is 0 Å². The third kappa shape index (κ3) is 16.0. The van der Waals surface area contributed by atoms with Gasteiger partial charge in [0.25, 0.3) is 0 Å². The summed E-state index contributed by atoms with van der Waals surface area (Å²) < 4.78 is 51.8. The first kappa shape index (κ1) is 48.7. The average Bonchev–Trinajstić information content (AvgIpc) is 3.34. The number of carbonyl (C=O) groups excluding carboxylic acids is 2. The standard InChI is InChI=1S/C51H57N3O11/c1-37(56)27-28-46(57)60-36-44(59-31-39-19-9-3-10-20-39)48(61-32-40-21-11-4-12-22-40)43(29-55)64-51-47(53-54-52)50(63-34-42-25-15-6-16-26-42)49(62-33-41-23-13-5-14-24-41)45(65-51)35-58-30-38-17-7-2-8-18-38/h2-26,43-45,47-51,55H,27-36H2,1H3/t43?,44?,45-,47-,48?,49-,50-,51+/m1/s1. The van der Waals surface area contributed by atoms with Gasteiger partial charge in [-0.1, -0.05) is 157 Å². The van der Waals surface area contributed by atoms with Gasteiger partial charge in [0.1, 0.15) is 55.1 Å². The fourth-order valence-electron chi connectivity index (χ4n) is 7.27. The minimum Gasteiger partial charge on any atom is -0.463 e. The normalized spacial score (nSPS) is 19.6. The van der Waals surface area contributed by atoms with Crippen molar-refractivity contribution in [3.8, 4) is 0 Å². The molecule has 6 rings (SSSR count). The summed E-state index contributed by atoms with van der Waals surface area (Å²) in [6, 6.07) is 46.6. The maximum absolute atomic E-state index is 12.9. The first-order valence-corrected chi connectivity index (χ1v) is 21.7. The summed E-state index contributed by atoms with van der Waals surface area (Å²) in [5, 5.41) is 15.5. The van der Waals surface area contributed by atoms with Crippen molar-refractivity contribution in [2.45, 2.75) is 102 Å². The predicted molar refractivity (Wildman–Crippen MR) is 241 cm³/mol. The van der Waals surface area contributed by atoms with Crippen molar-refractivity contribution in [1.29, 1.82) is 0 Å². The van der Waals surface area contributed by atoms with Crippen LogP contribution in [-0.4, -0.2) is 85.6 Å². The van der Waals surface area contributed by atoms with Crippen molar-refractivity contribution < 1.29 is 52.6 Å². The molecule has 1 N–H and O–H groups in total. The second-order valence-electron chi connectivity index (χ2n) is 15.6. The van der Waals surface area contributed by atoms with Gasteiger partial charge in [0.2, 0.25) is 0 Å². The van der Waals surface area contributed by atoms with Crippen LogP contribution in [0.4, 0.5) is 0 Å². The Morgan fingerprint density at radius 2 is 1.12 bits per heavy atom. The first-order chi connectivity index (χ1) is 31.9. The number of hydrogen-bond donors (Lipinski definition) is 1. The summed E-state index contributed by atoms with van der Waals surface area (Å²) in [5.41, 5.74) is 14.5. The van der Waals surface area contributed by atoms with Crippen LogP contribution in [0.1, 0.15) is 47.6 Å². The molecule has 0 aromatic heterocycles. The van der Waals surface area contributed by atoms with E-state index in [-0.39, 0.29) is 64.9 Å². The Morgan fingerprint density at radius 3 is 1.62 bits per heavy atom. The molecule has 0 radical (unpaired) electrons. The Kier molecular flexibility index (Phi) is 20.1. The van der Waals surface area contributed by atoms with Crippen LogP contribution in [0.15, 0.2) is 157 Å². The van der Waals surface area contributed by atoms with E-state index < -0.39 is 61.5 Å². The van der Waals surface area contributed by atoms with Gasteiger partial charge >= 0.3 is 5.97 Å². The quantitative estimate of drug-likeness (QED) is 0.0233. The summed E-state index contributed by atoms with van der Waals surface area (Å²) in [6.07, 6.45) is -7.42. The Morgan fingerprint density at radius 1 is 0.646 bits per heavy atom. The molecule has 8 atom stereocenters. The first-order valence-electron chi connectivity index (χ1n) is 21.7. The zero-order chi connectivity index (χ0) is 45.5. The van der Waals surface area contributed by atoms with E-state index in [2.05, 4.69) is 10.0 Å². The number of azide groups is 1. The molecule has 14 heteroatoms. The summed E-state index contributed by atoms with van der Waals surface area (Å²) in [6.45, 7) is 1.26. The van der Waals surface area contributed by atoms with E-state index in [1.54, 1.807) is 0 Å². The Bertz CT molecular complexity index is 2170. The number of carbonyl (C=O) groups is 2. The van der Waals surface area contributed by atoms with E-state index in [1.807, 2.05) is 152 Å². The van der Waals surface area contributed by atoms with Gasteiger partial charge < -0.3 is 47.8 Å². The molecule has 0 spiro atoms. The van der Waals surface area contributed by atoms with Crippen LogP contribution in [0.25, 0.3) is 10.4 Å². The third-order valence-corrected chi connectivity index (χ3v) is 10.7. The van der Waals surface area contributed by atoms with Gasteiger partial charge in [0.15, 0.2) is 6.29 Å². The Labute approximate surface area is 379 Å². The number of ketones is 1. The number of nitrogens with zero attached hydrogens (tertiary/aromatic N) is 3. The van der Waals surface area contributed by atoms with Crippen molar-refractivity contribution in [2.24, 2.45) is 5.11 Å². The molecule has 0 bridgehead atoms. The number of ether oxygens (including phenoxy) is 8. The molecule has 342 valence electrons. The summed E-state index contributed by atoms with van der Waals surface area (Å²) in [4.78, 5) is 27.9. The summed E-state index contributed by atoms with van der Waals surface area (Å²) in [7, 11) is 0. The number of Topliss-reactive ketones (excluding diaryl/α,β-unsaturated/α-hetero) is 1. The highest BCUT2D eigenvalue weighted by molar-refractivity contribution is 5.80. The molecule has 5 aromatic rings. The molecule has 0 saturated carbocycles. The average molecular weight is 888 g/mol. The van der Waals surface area contributed by atoms with Crippen LogP contribution in [-0.2, 0) is 80.5 Å². The molecule has 1 heterocycles. The van der Waals surface area contributed by atoms with E-state index in [0.29, 0.717) is 0 Å². The molecule has 1 saturated heterocycles. The van der Waals surface area contributed by atoms with E-state index in [1.165, 1.54) is 6.92 Å². The zero-order valence-corrected chi connectivity index (χ0v) is 36.5. The lowest BCUT2D eigenvalue weighted by atomic mass is 9.96. The smallest absolute Gasteiger partial charge is 0.306 e. The molecular weight excluding hydrogens is 831 g/mol. The lowest BCUT2D eigenvalue weighted by molar-refractivity contribution is -0.310. The van der Waals surface area contributed by atoms with Crippen molar-refractivity contribution >= 4 is 11.8 Å². The van der Waals surface area contributed by atoms with Crippen LogP contribution in [0.3, 0.4) is 0 Å². The lowest BCUT2D eigenvalue weighted by Gasteiger charge is -2.46. The summed E-state index contributed by atoms with van der Waals surface area (Å²) in [5.74, 6) is -0.754. The van der Waals surface area contributed by atoms with E-state index >= 15 is 0 Å². The molecule has 0 amide bonds. The molecule has 14 nitrogen and oxygen atoms in total. The second-order valence-corrected chi connectivity index (χ2v) is 15.6. The number of aliphatic hydroxyl groups is 1. The number of benzene rings is 5. The van der Waals surface area contributed by atoms with Gasteiger partial charge in [-0.15, -0.1) is 0 Å². The highest BCUT2D eigenvalue weighted by Gasteiger charge is 2.50. The largest absolute Gasteiger partial charge is 0.463 e. The Balaban J connectivity index is 1.34. The van der Waals surface area contributed by atoms with Crippen molar-refractivity contribution in [3.05, 3.63) is 190 Å². The maximum atomic E-state index is 12.9. The molecule has 65 heavy (non-hydrogen) atoms. The molecule has 5 aromatic carbocycles. The maximum Gasteiger partial charge on any atom is 0.306 e. The molecule has 1 aliphatic heterocycles. The minimum atomic E-state index is -1.35. The van der Waals surface area contributed by atoms with Crippen LogP contribution in [0.2, 0.25) is 0 Å². The Hall–Kier alpha value is -5.77. The van der Waals surface area contributed by atoms with Gasteiger partial charge in [0, 0.05) is 11.3 Å². The third-order valence-electron chi connectivity index (χ3n) is 10.7. The summed E-state index contributed by atoms with van der Waals surface area (Å²) >= 11 is 0. The van der Waals surface area contributed by atoms with E-state index in [0.717, 1.165) is 27.8 Å². The number of aliphatic hydroxyl groups excluding tert-OH is 1. The second kappa shape index (κ2) is 26.9. The zero-order valence-electron chi connectivity index (χ0n) is 36.5. The highest BCUT2D eigenvalue weighted by Crippen LogP contribution is 2.33. The highest BCUT2D eigenvalue weighted by atomic mass is 16.7. The molecule has 0 aliphatic carbocycles. The van der Waals surface area contributed by atoms with E-state index in [4.69, 9.17) is 37.9 Å². The number of esters is 1. The van der Waals surface area contributed by atoms with E-state index in [9.17, 15) is 20.2 Å². The van der Waals surface area contributed by atoms with Gasteiger partial charge in [-0.3, -0.25) is 4.79 Å². The fraction of sp³-hybridized carbons (Fsp3) is 0.373. The lowest BCUT2D eigenvalue weighted by Crippen LogP contribution is -2.62. The monoisotopic (exact) mass is 887 g/mol. The fourth-order valence-corrected chi connectivity index (χ4v) is 7.27. The number of hydrogen-bond acceptors (Lipinski definition) is 12. The SMILES string of the molecule is CC(=O)CCC(=O)OCC(OCc1ccccc1)C(OCc1ccccc1)C(CO)O[C@H]1O[C@H](COCc2ccccc2)[C@@H](OCc2ccccc2)[C@H](OCc2ccccc2)[C@H]1N=[N+]=[N-]. The number of rotatable bonds is 27. The van der Waals surface area contributed by atoms with Crippen molar-refractivity contribution in [3.63, 3.8) is 0 Å². The van der Waals surface area contributed by atoms with Gasteiger partial charge in [-0.2, -0.15) is 0 Å². The van der Waals surface area contributed by atoms with Gasteiger partial charge in [-0.05, 0) is 40.3 Å². The molecular formula is C51H57N3O11. The van der Waals surface area contributed by atoms with Crippen LogP contribution in [0, 0.1) is 0 Å². The van der Waals surface area contributed by atoms with Crippen molar-refractivity contribution in [1.82, 2.24) is 0 Å². The van der Waals surface area contributed by atoms with Crippen LogP contribution in [0.5, 0.6) is 0 Å². The molecule has 3 unspecified atom stereocenters. The molecule has 1 fully saturated rings.